The maximum atomic E-state index is 11.0. The number of nitrogen functional groups attached to an aromatic ring is 1. The zero-order valence-electron chi connectivity index (χ0n) is 8.55. The molecule has 0 saturated carbocycles. The van der Waals surface area contributed by atoms with E-state index in [1.54, 1.807) is 30.3 Å². The summed E-state index contributed by atoms with van der Waals surface area (Å²) >= 11 is 0. The number of hydrogen-bond acceptors (Lipinski definition) is 2. The number of hydrogen-bond donors (Lipinski definition) is 2. The lowest BCUT2D eigenvalue weighted by atomic mass is 10.00. The predicted molar refractivity (Wildman–Crippen MR) is 63.2 cm³/mol. The van der Waals surface area contributed by atoms with Gasteiger partial charge in [0.05, 0.1) is 5.56 Å². The number of carboxylic acids is 1. The highest BCUT2D eigenvalue weighted by Crippen LogP contribution is 2.24. The third-order valence-corrected chi connectivity index (χ3v) is 2.38. The van der Waals surface area contributed by atoms with Crippen molar-refractivity contribution in [1.29, 1.82) is 0 Å². The molecular formula is C13H11NO2. The number of carbonyl (C=O) groups is 1. The van der Waals surface area contributed by atoms with E-state index in [-0.39, 0.29) is 0 Å². The fraction of sp³-hybridized carbons (Fsp3) is 0. The Morgan fingerprint density at radius 2 is 1.62 bits per heavy atom. The molecule has 3 heteroatoms. The summed E-state index contributed by atoms with van der Waals surface area (Å²) in [6.45, 7) is 0. The van der Waals surface area contributed by atoms with Gasteiger partial charge in [-0.25, -0.2) is 4.79 Å². The van der Waals surface area contributed by atoms with Gasteiger partial charge in [0, 0.05) is 5.69 Å². The first-order chi connectivity index (χ1) is 7.68. The van der Waals surface area contributed by atoms with Crippen LogP contribution in [0.25, 0.3) is 11.1 Å². The van der Waals surface area contributed by atoms with E-state index in [2.05, 4.69) is 0 Å². The van der Waals surface area contributed by atoms with Crippen LogP contribution in [0.4, 0.5) is 5.69 Å². The molecule has 0 amide bonds. The molecule has 2 aromatic rings. The van der Waals surface area contributed by atoms with Crippen LogP contribution in [0.15, 0.2) is 48.5 Å². The highest BCUT2D eigenvalue weighted by atomic mass is 16.4. The summed E-state index contributed by atoms with van der Waals surface area (Å²) in [4.78, 5) is 11.0. The molecule has 80 valence electrons. The Morgan fingerprint density at radius 1 is 1.00 bits per heavy atom. The van der Waals surface area contributed by atoms with Crippen LogP contribution >= 0.6 is 0 Å². The molecule has 2 aromatic carbocycles. The maximum absolute atomic E-state index is 11.0. The standard InChI is InChI=1S/C13H11NO2/c14-10-7-5-9(6-8-10)11-3-1-2-4-12(11)13(15)16/h1-8H,14H2,(H,15,16). The normalized spacial score (nSPS) is 10.0. The van der Waals surface area contributed by atoms with Crippen LogP contribution in [-0.4, -0.2) is 11.1 Å². The molecule has 16 heavy (non-hydrogen) atoms. The van der Waals surface area contributed by atoms with E-state index in [1.165, 1.54) is 0 Å². The van der Waals surface area contributed by atoms with Gasteiger partial charge in [0.1, 0.15) is 0 Å². The Balaban J connectivity index is 2.55. The summed E-state index contributed by atoms with van der Waals surface area (Å²) < 4.78 is 0. The third-order valence-electron chi connectivity index (χ3n) is 2.38. The monoisotopic (exact) mass is 213 g/mol. The Labute approximate surface area is 93.1 Å². The molecule has 0 unspecified atom stereocenters. The van der Waals surface area contributed by atoms with Crippen LogP contribution < -0.4 is 5.73 Å². The molecular weight excluding hydrogens is 202 g/mol. The molecule has 0 saturated heterocycles. The summed E-state index contributed by atoms with van der Waals surface area (Å²) in [7, 11) is 0. The SMILES string of the molecule is Nc1ccc(-c2ccccc2C(=O)O)cc1. The van der Waals surface area contributed by atoms with Crippen LogP contribution in [0.1, 0.15) is 10.4 Å². The number of nitrogens with two attached hydrogens (primary N) is 1. The maximum Gasteiger partial charge on any atom is 0.336 e. The molecule has 0 bridgehead atoms. The van der Waals surface area contributed by atoms with Gasteiger partial charge >= 0.3 is 5.97 Å². The first-order valence-corrected chi connectivity index (χ1v) is 4.87. The Hall–Kier alpha value is -2.29. The number of carboxylic acid groups (broad SMARTS) is 1. The van der Waals surface area contributed by atoms with Gasteiger partial charge in [-0.15, -0.1) is 0 Å². The third kappa shape index (κ3) is 1.88. The van der Waals surface area contributed by atoms with Crippen molar-refractivity contribution in [3.8, 4) is 11.1 Å². The smallest absolute Gasteiger partial charge is 0.336 e. The average Bonchev–Trinajstić information content (AvgIpc) is 2.30. The lowest BCUT2D eigenvalue weighted by molar-refractivity contribution is 0.0698. The molecule has 3 nitrogen and oxygen atoms in total. The minimum absolute atomic E-state index is 0.298. The molecule has 0 radical (unpaired) electrons. The average molecular weight is 213 g/mol. The van der Waals surface area contributed by atoms with Crippen LogP contribution in [0.2, 0.25) is 0 Å². The quantitative estimate of drug-likeness (QED) is 0.754. The summed E-state index contributed by atoms with van der Waals surface area (Å²) in [6, 6.07) is 14.1. The van der Waals surface area contributed by atoms with E-state index >= 15 is 0 Å². The number of aromatic carboxylic acids is 1. The number of rotatable bonds is 2. The highest BCUT2D eigenvalue weighted by molar-refractivity contribution is 5.96. The zero-order chi connectivity index (χ0) is 11.5. The van der Waals surface area contributed by atoms with Crippen molar-refractivity contribution in [3.05, 3.63) is 54.1 Å². The Kier molecular flexibility index (Phi) is 2.60. The lowest BCUT2D eigenvalue weighted by Gasteiger charge is -2.06. The molecule has 0 aliphatic carbocycles. The summed E-state index contributed by atoms with van der Waals surface area (Å²) in [5.74, 6) is -0.924. The molecule has 0 heterocycles. The minimum Gasteiger partial charge on any atom is -0.478 e. The molecule has 3 N–H and O–H groups in total. The van der Waals surface area contributed by atoms with Crippen LogP contribution in [0.5, 0.6) is 0 Å². The van der Waals surface area contributed by atoms with Crippen molar-refractivity contribution >= 4 is 11.7 Å². The Morgan fingerprint density at radius 3 is 2.25 bits per heavy atom. The van der Waals surface area contributed by atoms with Crippen molar-refractivity contribution in [3.63, 3.8) is 0 Å². The van der Waals surface area contributed by atoms with Gasteiger partial charge in [0.2, 0.25) is 0 Å². The number of benzene rings is 2. The van der Waals surface area contributed by atoms with Gasteiger partial charge < -0.3 is 10.8 Å². The van der Waals surface area contributed by atoms with Crippen molar-refractivity contribution in [1.82, 2.24) is 0 Å². The summed E-state index contributed by atoms with van der Waals surface area (Å²) in [5.41, 5.74) is 8.11. The first-order valence-electron chi connectivity index (χ1n) is 4.87. The summed E-state index contributed by atoms with van der Waals surface area (Å²) in [5, 5.41) is 9.06. The summed E-state index contributed by atoms with van der Waals surface area (Å²) in [6.07, 6.45) is 0. The highest BCUT2D eigenvalue weighted by Gasteiger charge is 2.09. The second-order valence-corrected chi connectivity index (χ2v) is 3.47. The van der Waals surface area contributed by atoms with Crippen LogP contribution in [-0.2, 0) is 0 Å². The second-order valence-electron chi connectivity index (χ2n) is 3.47. The van der Waals surface area contributed by atoms with Crippen molar-refractivity contribution in [2.45, 2.75) is 0 Å². The largest absolute Gasteiger partial charge is 0.478 e. The van der Waals surface area contributed by atoms with Crippen LogP contribution in [0, 0.1) is 0 Å². The van der Waals surface area contributed by atoms with Crippen LogP contribution in [0.3, 0.4) is 0 Å². The lowest BCUT2D eigenvalue weighted by Crippen LogP contribution is -1.98. The first kappa shape index (κ1) is 10.2. The van der Waals surface area contributed by atoms with Gasteiger partial charge in [-0.05, 0) is 29.3 Å². The molecule has 0 atom stereocenters. The predicted octanol–water partition coefficient (Wildman–Crippen LogP) is 2.63. The second kappa shape index (κ2) is 4.06. The van der Waals surface area contributed by atoms with E-state index in [0.29, 0.717) is 16.8 Å². The van der Waals surface area contributed by atoms with E-state index in [4.69, 9.17) is 10.8 Å². The van der Waals surface area contributed by atoms with Gasteiger partial charge in [0.15, 0.2) is 0 Å². The van der Waals surface area contributed by atoms with E-state index in [9.17, 15) is 4.79 Å². The van der Waals surface area contributed by atoms with E-state index in [0.717, 1.165) is 5.56 Å². The zero-order valence-corrected chi connectivity index (χ0v) is 8.55. The Bertz CT molecular complexity index is 518. The molecule has 0 spiro atoms. The van der Waals surface area contributed by atoms with Crippen molar-refractivity contribution in [2.75, 3.05) is 5.73 Å². The van der Waals surface area contributed by atoms with E-state index in [1.807, 2.05) is 18.2 Å². The topological polar surface area (TPSA) is 63.3 Å². The molecule has 0 aromatic heterocycles. The number of anilines is 1. The fourth-order valence-electron chi connectivity index (χ4n) is 1.58. The molecule has 0 fully saturated rings. The van der Waals surface area contributed by atoms with Gasteiger partial charge in [-0.3, -0.25) is 0 Å². The van der Waals surface area contributed by atoms with Crippen molar-refractivity contribution < 1.29 is 9.90 Å². The molecule has 2 rings (SSSR count). The minimum atomic E-state index is -0.924. The van der Waals surface area contributed by atoms with Gasteiger partial charge in [-0.1, -0.05) is 30.3 Å². The molecule has 0 aliphatic rings. The molecule has 0 aliphatic heterocycles. The van der Waals surface area contributed by atoms with E-state index < -0.39 is 5.97 Å². The van der Waals surface area contributed by atoms with Gasteiger partial charge in [-0.2, -0.15) is 0 Å². The fourth-order valence-corrected chi connectivity index (χ4v) is 1.58. The van der Waals surface area contributed by atoms with Gasteiger partial charge in [0.25, 0.3) is 0 Å². The van der Waals surface area contributed by atoms with Crippen molar-refractivity contribution in [2.24, 2.45) is 0 Å².